The van der Waals surface area contributed by atoms with Gasteiger partial charge in [0.25, 0.3) is 0 Å². The van der Waals surface area contributed by atoms with Crippen molar-refractivity contribution < 1.29 is 4.79 Å². The van der Waals surface area contributed by atoms with E-state index < -0.39 is 11.4 Å². The number of rotatable bonds is 5. The summed E-state index contributed by atoms with van der Waals surface area (Å²) in [6.45, 7) is 1.75. The van der Waals surface area contributed by atoms with Crippen LogP contribution in [0.15, 0.2) is 23.4 Å². The number of nitrogens with two attached hydrogens (primary N) is 1. The Morgan fingerprint density at radius 2 is 2.44 bits per heavy atom. The molecule has 0 fully saturated rings. The zero-order chi connectivity index (χ0) is 12.2. The lowest BCUT2D eigenvalue weighted by Gasteiger charge is -2.24. The van der Waals surface area contributed by atoms with Gasteiger partial charge >= 0.3 is 0 Å². The van der Waals surface area contributed by atoms with Crippen molar-refractivity contribution in [3.05, 3.63) is 23.4 Å². The average Bonchev–Trinajstić information content (AvgIpc) is 2.27. The smallest absolute Gasteiger partial charge is 0.238 e. The molecule has 1 atom stereocenters. The van der Waals surface area contributed by atoms with Gasteiger partial charge in [-0.05, 0) is 26.1 Å². The summed E-state index contributed by atoms with van der Waals surface area (Å²) < 4.78 is 0. The average molecular weight is 260 g/mol. The molecule has 0 aliphatic rings. The van der Waals surface area contributed by atoms with Crippen molar-refractivity contribution in [3.8, 4) is 0 Å². The molecule has 1 unspecified atom stereocenters. The van der Waals surface area contributed by atoms with Gasteiger partial charge in [-0.15, -0.1) is 11.8 Å². The second-order valence-corrected chi connectivity index (χ2v) is 4.90. The van der Waals surface area contributed by atoms with Gasteiger partial charge < -0.3 is 11.1 Å². The van der Waals surface area contributed by atoms with Crippen molar-refractivity contribution in [2.45, 2.75) is 17.5 Å². The Bertz CT molecular complexity index is 388. The number of halogens is 1. The number of thioether (sulfide) groups is 1. The molecule has 1 amide bonds. The number of pyridine rings is 1. The Morgan fingerprint density at radius 1 is 1.75 bits per heavy atom. The molecule has 0 spiro atoms. The van der Waals surface area contributed by atoms with Crippen LogP contribution in [-0.2, 0) is 4.79 Å². The van der Waals surface area contributed by atoms with Gasteiger partial charge in [-0.1, -0.05) is 11.6 Å². The Labute approximate surface area is 104 Å². The number of primary amides is 1. The standard InChI is InChI=1S/C10H14ClN3OS/c1-10(13-2,9(12)15)6-16-8-7(11)4-3-5-14-8/h3-5,13H,6H2,1-2H3,(H2,12,15). The van der Waals surface area contributed by atoms with Gasteiger partial charge in [-0.2, -0.15) is 0 Å². The van der Waals surface area contributed by atoms with Crippen LogP contribution >= 0.6 is 23.4 Å². The molecule has 4 nitrogen and oxygen atoms in total. The van der Waals surface area contributed by atoms with E-state index in [1.807, 2.05) is 0 Å². The molecule has 1 aromatic rings. The molecule has 6 heteroatoms. The van der Waals surface area contributed by atoms with E-state index >= 15 is 0 Å². The topological polar surface area (TPSA) is 68.0 Å². The largest absolute Gasteiger partial charge is 0.368 e. The van der Waals surface area contributed by atoms with E-state index in [-0.39, 0.29) is 0 Å². The van der Waals surface area contributed by atoms with Crippen LogP contribution in [0.25, 0.3) is 0 Å². The maximum Gasteiger partial charge on any atom is 0.238 e. The normalized spacial score (nSPS) is 14.4. The van der Waals surface area contributed by atoms with E-state index in [1.165, 1.54) is 11.8 Å². The van der Waals surface area contributed by atoms with Crippen LogP contribution < -0.4 is 11.1 Å². The van der Waals surface area contributed by atoms with Gasteiger partial charge in [0.05, 0.1) is 5.02 Å². The molecular formula is C10H14ClN3OS. The molecule has 0 saturated carbocycles. The van der Waals surface area contributed by atoms with Gasteiger partial charge in [0.2, 0.25) is 5.91 Å². The quantitative estimate of drug-likeness (QED) is 0.782. The van der Waals surface area contributed by atoms with Gasteiger partial charge in [0.1, 0.15) is 10.6 Å². The number of nitrogens with zero attached hydrogens (tertiary/aromatic N) is 1. The highest BCUT2D eigenvalue weighted by Gasteiger charge is 2.29. The Morgan fingerprint density at radius 3 is 2.94 bits per heavy atom. The summed E-state index contributed by atoms with van der Waals surface area (Å²) in [6.07, 6.45) is 1.66. The van der Waals surface area contributed by atoms with Crippen LogP contribution in [0.2, 0.25) is 5.02 Å². The third kappa shape index (κ3) is 3.10. The fourth-order valence-electron chi connectivity index (χ4n) is 0.957. The highest BCUT2D eigenvalue weighted by molar-refractivity contribution is 7.99. The minimum Gasteiger partial charge on any atom is -0.368 e. The first-order chi connectivity index (χ1) is 7.49. The summed E-state index contributed by atoms with van der Waals surface area (Å²) in [7, 11) is 1.70. The molecule has 0 aliphatic carbocycles. The number of aromatic nitrogens is 1. The maximum atomic E-state index is 11.3. The lowest BCUT2D eigenvalue weighted by molar-refractivity contribution is -0.122. The van der Waals surface area contributed by atoms with Crippen molar-refractivity contribution in [2.75, 3.05) is 12.8 Å². The van der Waals surface area contributed by atoms with Crippen molar-refractivity contribution in [1.29, 1.82) is 0 Å². The number of hydrogen-bond acceptors (Lipinski definition) is 4. The number of amides is 1. The van der Waals surface area contributed by atoms with Crippen LogP contribution in [0.4, 0.5) is 0 Å². The van der Waals surface area contributed by atoms with Gasteiger partial charge in [0, 0.05) is 11.9 Å². The van der Waals surface area contributed by atoms with E-state index in [0.717, 1.165) is 0 Å². The van der Waals surface area contributed by atoms with Crippen molar-refractivity contribution in [3.63, 3.8) is 0 Å². The van der Waals surface area contributed by atoms with Gasteiger partial charge in [-0.3, -0.25) is 4.79 Å². The van der Waals surface area contributed by atoms with E-state index in [4.69, 9.17) is 17.3 Å². The number of carbonyl (C=O) groups is 1. The second-order valence-electron chi connectivity index (χ2n) is 3.53. The molecular weight excluding hydrogens is 246 g/mol. The Kier molecular flexibility index (Phi) is 4.58. The van der Waals surface area contributed by atoms with Crippen LogP contribution in [0.5, 0.6) is 0 Å². The minimum atomic E-state index is -0.758. The molecule has 1 heterocycles. The SMILES string of the molecule is CNC(C)(CSc1ncccc1Cl)C(N)=O. The molecule has 3 N–H and O–H groups in total. The van der Waals surface area contributed by atoms with Crippen LogP contribution in [0, 0.1) is 0 Å². The molecule has 1 rings (SSSR count). The van der Waals surface area contributed by atoms with Gasteiger partial charge in [-0.25, -0.2) is 4.98 Å². The van der Waals surface area contributed by atoms with Crippen LogP contribution in [0.1, 0.15) is 6.92 Å². The summed E-state index contributed by atoms with van der Waals surface area (Å²) >= 11 is 7.36. The number of hydrogen-bond donors (Lipinski definition) is 2. The summed E-state index contributed by atoms with van der Waals surface area (Å²) in [6, 6.07) is 3.52. The lowest BCUT2D eigenvalue weighted by atomic mass is 10.1. The summed E-state index contributed by atoms with van der Waals surface area (Å²) in [4.78, 5) is 15.4. The van der Waals surface area contributed by atoms with Crippen molar-refractivity contribution in [1.82, 2.24) is 10.3 Å². The Balaban J connectivity index is 2.71. The van der Waals surface area contributed by atoms with E-state index in [2.05, 4.69) is 10.3 Å². The molecule has 0 saturated heterocycles. The van der Waals surface area contributed by atoms with Crippen molar-refractivity contribution in [2.24, 2.45) is 5.73 Å². The van der Waals surface area contributed by atoms with E-state index in [9.17, 15) is 4.79 Å². The number of likely N-dealkylation sites (N-methyl/N-ethyl adjacent to an activating group) is 1. The fourth-order valence-corrected chi connectivity index (χ4v) is 2.30. The third-order valence-corrected chi connectivity index (χ3v) is 4.06. The summed E-state index contributed by atoms with van der Waals surface area (Å²) in [5, 5.41) is 4.18. The summed E-state index contributed by atoms with van der Waals surface area (Å²) in [5.41, 5.74) is 4.56. The Hall–Kier alpha value is -0.780. The first-order valence-electron chi connectivity index (χ1n) is 4.72. The first-order valence-corrected chi connectivity index (χ1v) is 6.08. The maximum absolute atomic E-state index is 11.3. The first kappa shape index (κ1) is 13.3. The second kappa shape index (κ2) is 5.52. The predicted molar refractivity (Wildman–Crippen MR) is 66.6 cm³/mol. The van der Waals surface area contributed by atoms with Crippen molar-refractivity contribution >= 4 is 29.3 Å². The van der Waals surface area contributed by atoms with Crippen LogP contribution in [-0.4, -0.2) is 29.2 Å². The molecule has 0 bridgehead atoms. The molecule has 88 valence electrons. The lowest BCUT2D eigenvalue weighted by Crippen LogP contribution is -2.53. The number of carbonyl (C=O) groups excluding carboxylic acids is 1. The number of nitrogens with one attached hydrogen (secondary N) is 1. The zero-order valence-corrected chi connectivity index (χ0v) is 10.7. The highest BCUT2D eigenvalue weighted by Crippen LogP contribution is 2.26. The van der Waals surface area contributed by atoms with E-state index in [1.54, 1.807) is 32.3 Å². The fraction of sp³-hybridized carbons (Fsp3) is 0.400. The molecule has 1 aromatic heterocycles. The highest BCUT2D eigenvalue weighted by atomic mass is 35.5. The molecule has 0 radical (unpaired) electrons. The molecule has 0 aromatic carbocycles. The molecule has 16 heavy (non-hydrogen) atoms. The van der Waals surface area contributed by atoms with Crippen LogP contribution in [0.3, 0.4) is 0 Å². The minimum absolute atomic E-state index is 0.394. The molecule has 0 aliphatic heterocycles. The zero-order valence-electron chi connectivity index (χ0n) is 9.16. The predicted octanol–water partition coefficient (Wildman–Crippen LogP) is 1.29. The summed E-state index contributed by atoms with van der Waals surface area (Å²) in [5.74, 6) is 0.0878. The third-order valence-electron chi connectivity index (χ3n) is 2.32. The monoisotopic (exact) mass is 259 g/mol. The van der Waals surface area contributed by atoms with Gasteiger partial charge in [0.15, 0.2) is 0 Å². The van der Waals surface area contributed by atoms with E-state index in [0.29, 0.717) is 15.8 Å².